The Morgan fingerprint density at radius 1 is 1.05 bits per heavy atom. The molecule has 0 spiro atoms. The number of aliphatic hydroxyl groups excluding tert-OH is 1. The normalized spacial score (nSPS) is 22.9. The van der Waals surface area contributed by atoms with E-state index in [4.69, 9.17) is 0 Å². The molecule has 0 aromatic heterocycles. The fourth-order valence-corrected chi connectivity index (χ4v) is 3.05. The summed E-state index contributed by atoms with van der Waals surface area (Å²) < 4.78 is 0. The standard InChI is InChI=1S/C15H23N3O/c1-14(2)10-13(19)11-15(3,4)18(14)17-16-12-8-6-5-7-9-12/h5-9,13,19H,10-11H2,1-4H3/b17-16+. The molecule has 0 atom stereocenters. The molecule has 0 amide bonds. The van der Waals surface area contributed by atoms with Crippen molar-refractivity contribution in [2.45, 2.75) is 57.7 Å². The van der Waals surface area contributed by atoms with Crippen molar-refractivity contribution in [3.05, 3.63) is 30.3 Å². The summed E-state index contributed by atoms with van der Waals surface area (Å²) in [7, 11) is 0. The first kappa shape index (κ1) is 14.0. The molecular formula is C15H23N3O. The van der Waals surface area contributed by atoms with Gasteiger partial charge < -0.3 is 5.11 Å². The lowest BCUT2D eigenvalue weighted by Gasteiger charge is -2.51. The Morgan fingerprint density at radius 2 is 1.58 bits per heavy atom. The molecule has 4 nitrogen and oxygen atoms in total. The van der Waals surface area contributed by atoms with Crippen LogP contribution in [0.25, 0.3) is 0 Å². The van der Waals surface area contributed by atoms with Crippen LogP contribution in [0.3, 0.4) is 0 Å². The molecule has 1 aromatic rings. The minimum atomic E-state index is -0.270. The first-order valence-corrected chi connectivity index (χ1v) is 6.76. The summed E-state index contributed by atoms with van der Waals surface area (Å²) in [6.07, 6.45) is 1.15. The minimum absolute atomic E-state index is 0.195. The Labute approximate surface area is 115 Å². The van der Waals surface area contributed by atoms with Crippen molar-refractivity contribution in [2.75, 3.05) is 0 Å². The summed E-state index contributed by atoms with van der Waals surface area (Å²) in [6.45, 7) is 8.39. The maximum Gasteiger partial charge on any atom is 0.0874 e. The van der Waals surface area contributed by atoms with Crippen molar-refractivity contribution in [3.63, 3.8) is 0 Å². The van der Waals surface area contributed by atoms with Gasteiger partial charge in [-0.05, 0) is 52.7 Å². The Kier molecular flexibility index (Phi) is 3.63. The third-order valence-corrected chi connectivity index (χ3v) is 3.62. The van der Waals surface area contributed by atoms with E-state index >= 15 is 0 Å². The molecule has 1 N–H and O–H groups in total. The number of benzene rings is 1. The van der Waals surface area contributed by atoms with Gasteiger partial charge in [-0.15, -0.1) is 5.11 Å². The predicted octanol–water partition coefficient (Wildman–Crippen LogP) is 3.70. The van der Waals surface area contributed by atoms with Crippen LogP contribution in [0, 0.1) is 0 Å². The average Bonchev–Trinajstić information content (AvgIpc) is 2.26. The molecule has 0 aliphatic carbocycles. The molecule has 0 unspecified atom stereocenters. The Hall–Kier alpha value is -1.42. The topological polar surface area (TPSA) is 48.2 Å². The van der Waals surface area contributed by atoms with Gasteiger partial charge in [0, 0.05) is 0 Å². The highest BCUT2D eigenvalue weighted by Crippen LogP contribution is 2.39. The number of hydrogen-bond acceptors (Lipinski definition) is 3. The van der Waals surface area contributed by atoms with Gasteiger partial charge in [0.1, 0.15) is 0 Å². The van der Waals surface area contributed by atoms with E-state index in [0.717, 1.165) is 5.69 Å². The highest BCUT2D eigenvalue weighted by molar-refractivity contribution is 5.34. The fourth-order valence-electron chi connectivity index (χ4n) is 3.05. The Bertz CT molecular complexity index is 436. The summed E-state index contributed by atoms with van der Waals surface area (Å²) in [5.74, 6) is 0. The van der Waals surface area contributed by atoms with Crippen LogP contribution >= 0.6 is 0 Å². The highest BCUT2D eigenvalue weighted by atomic mass is 16.3. The third-order valence-electron chi connectivity index (χ3n) is 3.62. The lowest BCUT2D eigenvalue weighted by atomic mass is 9.80. The van der Waals surface area contributed by atoms with Crippen molar-refractivity contribution in [1.82, 2.24) is 5.01 Å². The molecule has 1 fully saturated rings. The number of piperidine rings is 1. The van der Waals surface area contributed by atoms with Crippen LogP contribution in [-0.4, -0.2) is 27.3 Å². The number of hydrogen-bond donors (Lipinski definition) is 1. The van der Waals surface area contributed by atoms with Gasteiger partial charge >= 0.3 is 0 Å². The molecule has 1 heterocycles. The van der Waals surface area contributed by atoms with Gasteiger partial charge in [-0.1, -0.05) is 23.4 Å². The lowest BCUT2D eigenvalue weighted by molar-refractivity contribution is -0.0844. The van der Waals surface area contributed by atoms with Gasteiger partial charge in [0.05, 0.1) is 22.9 Å². The second kappa shape index (κ2) is 4.93. The van der Waals surface area contributed by atoms with Gasteiger partial charge in [0.25, 0.3) is 0 Å². The predicted molar refractivity (Wildman–Crippen MR) is 76.2 cm³/mol. The van der Waals surface area contributed by atoms with Crippen LogP contribution < -0.4 is 0 Å². The number of nitrogens with zero attached hydrogens (tertiary/aromatic N) is 3. The monoisotopic (exact) mass is 261 g/mol. The van der Waals surface area contributed by atoms with Crippen molar-refractivity contribution in [1.29, 1.82) is 0 Å². The second-order valence-electron chi connectivity index (χ2n) is 6.52. The quantitative estimate of drug-likeness (QED) is 0.825. The molecule has 1 aliphatic heterocycles. The van der Waals surface area contributed by atoms with Crippen molar-refractivity contribution >= 4 is 5.69 Å². The molecule has 19 heavy (non-hydrogen) atoms. The summed E-state index contributed by atoms with van der Waals surface area (Å²) in [5, 5.41) is 20.8. The largest absolute Gasteiger partial charge is 0.393 e. The summed E-state index contributed by atoms with van der Waals surface area (Å²) >= 11 is 0. The summed E-state index contributed by atoms with van der Waals surface area (Å²) in [5.41, 5.74) is 0.457. The minimum Gasteiger partial charge on any atom is -0.393 e. The van der Waals surface area contributed by atoms with Gasteiger partial charge in [0.15, 0.2) is 0 Å². The second-order valence-corrected chi connectivity index (χ2v) is 6.52. The van der Waals surface area contributed by atoms with Crippen LogP contribution in [0.1, 0.15) is 40.5 Å². The first-order valence-electron chi connectivity index (χ1n) is 6.76. The zero-order chi connectivity index (χ0) is 14.1. The Balaban J connectivity index is 2.24. The number of rotatable bonds is 2. The van der Waals surface area contributed by atoms with E-state index in [1.165, 1.54) is 0 Å². The number of aliphatic hydroxyl groups is 1. The van der Waals surface area contributed by atoms with Crippen molar-refractivity contribution in [3.8, 4) is 0 Å². The van der Waals surface area contributed by atoms with E-state index in [1.54, 1.807) is 0 Å². The van der Waals surface area contributed by atoms with E-state index in [0.29, 0.717) is 12.8 Å². The highest BCUT2D eigenvalue weighted by Gasteiger charge is 2.45. The van der Waals surface area contributed by atoms with E-state index < -0.39 is 0 Å². The average molecular weight is 261 g/mol. The summed E-state index contributed by atoms with van der Waals surface area (Å²) in [6, 6.07) is 9.73. The molecule has 2 rings (SSSR count). The maximum atomic E-state index is 9.98. The summed E-state index contributed by atoms with van der Waals surface area (Å²) in [4.78, 5) is 0. The van der Waals surface area contributed by atoms with Crippen molar-refractivity contribution < 1.29 is 5.11 Å². The molecule has 1 saturated heterocycles. The lowest BCUT2D eigenvalue weighted by Crippen LogP contribution is -2.59. The molecule has 1 aromatic carbocycles. The van der Waals surface area contributed by atoms with Gasteiger partial charge in [-0.3, -0.25) is 5.01 Å². The zero-order valence-electron chi connectivity index (χ0n) is 12.2. The van der Waals surface area contributed by atoms with Crippen LogP contribution in [0.15, 0.2) is 40.7 Å². The molecule has 104 valence electrons. The van der Waals surface area contributed by atoms with E-state index in [2.05, 4.69) is 38.0 Å². The van der Waals surface area contributed by atoms with Gasteiger partial charge in [-0.2, -0.15) is 0 Å². The molecule has 1 aliphatic rings. The maximum absolute atomic E-state index is 9.98. The molecule has 0 saturated carbocycles. The van der Waals surface area contributed by atoms with E-state index in [1.807, 2.05) is 35.3 Å². The Morgan fingerprint density at radius 3 is 2.11 bits per heavy atom. The molecule has 0 bridgehead atoms. The SMILES string of the molecule is CC1(C)CC(O)CC(C)(C)N1/N=N/c1ccccc1. The van der Waals surface area contributed by atoms with Crippen LogP contribution in [0.4, 0.5) is 5.69 Å². The zero-order valence-corrected chi connectivity index (χ0v) is 12.2. The molecule has 4 heteroatoms. The van der Waals surface area contributed by atoms with Crippen LogP contribution in [-0.2, 0) is 0 Å². The molecule has 0 radical (unpaired) electrons. The van der Waals surface area contributed by atoms with Crippen LogP contribution in [0.5, 0.6) is 0 Å². The third kappa shape index (κ3) is 3.13. The van der Waals surface area contributed by atoms with Crippen LogP contribution in [0.2, 0.25) is 0 Å². The molecular weight excluding hydrogens is 238 g/mol. The first-order chi connectivity index (χ1) is 8.81. The van der Waals surface area contributed by atoms with Gasteiger partial charge in [0.2, 0.25) is 0 Å². The van der Waals surface area contributed by atoms with Gasteiger partial charge in [-0.25, -0.2) is 0 Å². The smallest absolute Gasteiger partial charge is 0.0874 e. The van der Waals surface area contributed by atoms with E-state index in [9.17, 15) is 5.11 Å². The van der Waals surface area contributed by atoms with E-state index in [-0.39, 0.29) is 17.2 Å². The van der Waals surface area contributed by atoms with Crippen molar-refractivity contribution in [2.24, 2.45) is 10.3 Å². The fraction of sp³-hybridized carbons (Fsp3) is 0.600.